The summed E-state index contributed by atoms with van der Waals surface area (Å²) in [5.74, 6) is -1.43. The normalized spacial score (nSPS) is 10.7. The lowest BCUT2D eigenvalue weighted by atomic mass is 10.1. The number of hydrogen-bond acceptors (Lipinski definition) is 5. The number of nitrogens with zero attached hydrogens (tertiary/aromatic N) is 2. The summed E-state index contributed by atoms with van der Waals surface area (Å²) in [4.78, 5) is 19.0. The fourth-order valence-electron chi connectivity index (χ4n) is 1.63. The second kappa shape index (κ2) is 6.10. The maximum Gasteiger partial charge on any atom is 0.339 e. The number of aromatic nitrogens is 2. The Hall–Kier alpha value is -1.80. The van der Waals surface area contributed by atoms with Crippen LogP contribution in [0.2, 0.25) is 0 Å². The van der Waals surface area contributed by atoms with Gasteiger partial charge in [-0.05, 0) is 6.07 Å². The minimum Gasteiger partial charge on any atom is -0.478 e. The van der Waals surface area contributed by atoms with E-state index in [2.05, 4.69) is 25.9 Å². The van der Waals surface area contributed by atoms with Crippen LogP contribution in [0.25, 0.3) is 11.3 Å². The van der Waals surface area contributed by atoms with Gasteiger partial charge in [0, 0.05) is 16.2 Å². The van der Waals surface area contributed by atoms with Crippen molar-refractivity contribution in [2.75, 3.05) is 0 Å². The van der Waals surface area contributed by atoms with E-state index in [1.165, 1.54) is 0 Å². The maximum atomic E-state index is 11.2. The molecule has 0 aliphatic heterocycles. The molecule has 0 fully saturated rings. The predicted octanol–water partition coefficient (Wildman–Crippen LogP) is 1.72. The van der Waals surface area contributed by atoms with Crippen LogP contribution < -0.4 is 0 Å². The molecule has 1 N–H and O–H groups in total. The van der Waals surface area contributed by atoms with Crippen molar-refractivity contribution in [2.24, 2.45) is 0 Å². The molecule has 0 radical (unpaired) electrons. The van der Waals surface area contributed by atoms with E-state index in [-0.39, 0.29) is 22.8 Å². The standard InChI is InChI=1S/C12H9BrN2O4S/c13-9-4-2-1-3-7(9)11-8(12(16)17)5-14-10(15-11)6-20(18)19/h1-5,20H,6H2,(H,16,17). The number of carbonyl (C=O) groups is 1. The number of thiol groups is 1. The van der Waals surface area contributed by atoms with Crippen LogP contribution in [-0.2, 0) is 16.5 Å². The van der Waals surface area contributed by atoms with Crippen molar-refractivity contribution < 1.29 is 18.3 Å². The third-order valence-electron chi connectivity index (χ3n) is 2.47. The van der Waals surface area contributed by atoms with Gasteiger partial charge in [0.2, 0.25) is 0 Å². The molecule has 2 aromatic rings. The van der Waals surface area contributed by atoms with Crippen molar-refractivity contribution >= 4 is 32.6 Å². The molecule has 0 amide bonds. The van der Waals surface area contributed by atoms with Crippen LogP contribution in [0, 0.1) is 0 Å². The van der Waals surface area contributed by atoms with Gasteiger partial charge in [0.25, 0.3) is 0 Å². The van der Waals surface area contributed by atoms with Crippen molar-refractivity contribution in [3.8, 4) is 11.3 Å². The molecule has 0 saturated carbocycles. The zero-order valence-corrected chi connectivity index (χ0v) is 12.5. The van der Waals surface area contributed by atoms with Crippen molar-refractivity contribution in [3.63, 3.8) is 0 Å². The van der Waals surface area contributed by atoms with Crippen LogP contribution in [0.15, 0.2) is 34.9 Å². The largest absolute Gasteiger partial charge is 0.478 e. The Bertz CT molecular complexity index is 738. The van der Waals surface area contributed by atoms with E-state index >= 15 is 0 Å². The number of carboxylic acid groups (broad SMARTS) is 1. The minimum atomic E-state index is -2.67. The van der Waals surface area contributed by atoms with Crippen LogP contribution >= 0.6 is 15.9 Å². The van der Waals surface area contributed by atoms with E-state index in [0.29, 0.717) is 10.0 Å². The Kier molecular flexibility index (Phi) is 4.46. The van der Waals surface area contributed by atoms with Crippen LogP contribution in [0.1, 0.15) is 16.2 Å². The van der Waals surface area contributed by atoms with E-state index in [0.717, 1.165) is 6.20 Å². The molecule has 0 atom stereocenters. The molecule has 8 heteroatoms. The first-order chi connectivity index (χ1) is 9.49. The summed E-state index contributed by atoms with van der Waals surface area (Å²) in [6.45, 7) is 0. The molecule has 104 valence electrons. The molecule has 0 unspecified atom stereocenters. The number of carboxylic acids is 1. The summed E-state index contributed by atoms with van der Waals surface area (Å²) in [7, 11) is -2.67. The average molecular weight is 357 g/mol. The van der Waals surface area contributed by atoms with Crippen LogP contribution in [-0.4, -0.2) is 29.5 Å². The average Bonchev–Trinajstić information content (AvgIpc) is 2.38. The highest BCUT2D eigenvalue weighted by atomic mass is 79.9. The number of hydrogen-bond donors (Lipinski definition) is 2. The van der Waals surface area contributed by atoms with Crippen molar-refractivity contribution in [2.45, 2.75) is 5.75 Å². The Morgan fingerprint density at radius 1 is 1.30 bits per heavy atom. The van der Waals surface area contributed by atoms with Crippen molar-refractivity contribution in [3.05, 3.63) is 46.3 Å². The summed E-state index contributed by atoms with van der Waals surface area (Å²) in [6, 6.07) is 6.96. The van der Waals surface area contributed by atoms with E-state index in [9.17, 15) is 18.3 Å². The van der Waals surface area contributed by atoms with E-state index in [1.54, 1.807) is 24.3 Å². The van der Waals surface area contributed by atoms with E-state index in [1.807, 2.05) is 0 Å². The third kappa shape index (κ3) is 3.20. The zero-order chi connectivity index (χ0) is 14.7. The van der Waals surface area contributed by atoms with Gasteiger partial charge in [-0.15, -0.1) is 0 Å². The first-order valence-corrected chi connectivity index (χ1v) is 7.60. The van der Waals surface area contributed by atoms with Crippen LogP contribution in [0.5, 0.6) is 0 Å². The van der Waals surface area contributed by atoms with Gasteiger partial charge in [-0.25, -0.2) is 23.2 Å². The SMILES string of the molecule is O=C(O)c1cnc(C[SH](=O)=O)nc1-c1ccccc1Br. The molecule has 1 heterocycles. The van der Waals surface area contributed by atoms with Crippen molar-refractivity contribution in [1.29, 1.82) is 0 Å². The highest BCUT2D eigenvalue weighted by molar-refractivity contribution is 9.10. The molecular formula is C12H9BrN2O4S. The molecule has 0 bridgehead atoms. The molecule has 1 aromatic carbocycles. The minimum absolute atomic E-state index is 0.0665. The molecular weight excluding hydrogens is 348 g/mol. The Morgan fingerprint density at radius 3 is 2.60 bits per heavy atom. The first-order valence-electron chi connectivity index (χ1n) is 5.45. The molecule has 0 spiro atoms. The molecule has 0 saturated heterocycles. The molecule has 0 aliphatic carbocycles. The molecule has 6 nitrogen and oxygen atoms in total. The summed E-state index contributed by atoms with van der Waals surface area (Å²) in [6.07, 6.45) is 1.12. The zero-order valence-electron chi connectivity index (χ0n) is 9.99. The smallest absolute Gasteiger partial charge is 0.339 e. The van der Waals surface area contributed by atoms with Gasteiger partial charge < -0.3 is 5.11 Å². The lowest BCUT2D eigenvalue weighted by Crippen LogP contribution is -2.07. The highest BCUT2D eigenvalue weighted by Crippen LogP contribution is 2.29. The van der Waals surface area contributed by atoms with Gasteiger partial charge in [0.15, 0.2) is 0 Å². The fraction of sp³-hybridized carbons (Fsp3) is 0.0833. The topological polar surface area (TPSA) is 97.2 Å². The van der Waals surface area contributed by atoms with Gasteiger partial charge in [-0.2, -0.15) is 0 Å². The quantitative estimate of drug-likeness (QED) is 0.809. The van der Waals surface area contributed by atoms with Crippen LogP contribution in [0.4, 0.5) is 0 Å². The second-order valence-electron chi connectivity index (χ2n) is 3.82. The molecule has 0 aliphatic rings. The number of aromatic carboxylic acids is 1. The summed E-state index contributed by atoms with van der Waals surface area (Å²) >= 11 is 3.32. The van der Waals surface area contributed by atoms with Gasteiger partial charge in [-0.3, -0.25) is 0 Å². The third-order valence-corrected chi connectivity index (χ3v) is 3.70. The Balaban J connectivity index is 2.64. The number of halogens is 1. The van der Waals surface area contributed by atoms with Gasteiger partial charge in [0.05, 0.1) is 5.69 Å². The number of benzene rings is 1. The monoisotopic (exact) mass is 356 g/mol. The number of rotatable bonds is 4. The van der Waals surface area contributed by atoms with Crippen molar-refractivity contribution in [1.82, 2.24) is 9.97 Å². The fourth-order valence-corrected chi connectivity index (χ4v) is 2.48. The molecule has 1 aromatic heterocycles. The molecule has 20 heavy (non-hydrogen) atoms. The van der Waals surface area contributed by atoms with E-state index in [4.69, 9.17) is 0 Å². The lowest BCUT2D eigenvalue weighted by molar-refractivity contribution is 0.0697. The van der Waals surface area contributed by atoms with Gasteiger partial charge in [0.1, 0.15) is 27.8 Å². The lowest BCUT2D eigenvalue weighted by Gasteiger charge is -2.08. The van der Waals surface area contributed by atoms with Gasteiger partial charge >= 0.3 is 5.97 Å². The first kappa shape index (κ1) is 14.6. The Morgan fingerprint density at radius 2 is 2.00 bits per heavy atom. The molecule has 2 rings (SSSR count). The van der Waals surface area contributed by atoms with E-state index < -0.39 is 16.7 Å². The summed E-state index contributed by atoms with van der Waals surface area (Å²) in [5, 5.41) is 9.18. The summed E-state index contributed by atoms with van der Waals surface area (Å²) < 4.78 is 22.1. The predicted molar refractivity (Wildman–Crippen MR) is 76.1 cm³/mol. The van der Waals surface area contributed by atoms with Crippen LogP contribution in [0.3, 0.4) is 0 Å². The maximum absolute atomic E-state index is 11.2. The highest BCUT2D eigenvalue weighted by Gasteiger charge is 2.17. The van der Waals surface area contributed by atoms with Gasteiger partial charge in [-0.1, -0.05) is 34.1 Å². The Labute approximate surface area is 124 Å². The summed E-state index contributed by atoms with van der Waals surface area (Å²) in [5.41, 5.74) is 0.670. The second-order valence-corrected chi connectivity index (χ2v) is 5.66.